The van der Waals surface area contributed by atoms with Gasteiger partial charge in [-0.1, -0.05) is 17.3 Å². The van der Waals surface area contributed by atoms with E-state index >= 15 is 0 Å². The van der Waals surface area contributed by atoms with Crippen molar-refractivity contribution in [2.45, 2.75) is 31.6 Å². The molecule has 1 N–H and O–H groups in total. The van der Waals surface area contributed by atoms with E-state index in [9.17, 15) is 0 Å². The molecule has 1 aromatic heterocycles. The fraction of sp³-hybridized carbons (Fsp3) is 0.467. The number of nitrogens with one attached hydrogen (secondary N) is 1. The first-order valence-corrected chi connectivity index (χ1v) is 7.20. The average Bonchev–Trinajstić information content (AvgIpc) is 3.01. The average molecular weight is 288 g/mol. The van der Waals surface area contributed by atoms with E-state index in [0.717, 1.165) is 17.8 Å². The van der Waals surface area contributed by atoms with E-state index in [1.807, 2.05) is 37.4 Å². The molecular weight excluding hydrogens is 268 g/mol. The SMILES string of the molecule is CCOC1CC(Nc2ccccc2-n2ccnn2)C1OC. The van der Waals surface area contributed by atoms with Crippen molar-refractivity contribution in [2.24, 2.45) is 0 Å². The Morgan fingerprint density at radius 2 is 2.24 bits per heavy atom. The van der Waals surface area contributed by atoms with Gasteiger partial charge < -0.3 is 14.8 Å². The molecule has 3 unspecified atom stereocenters. The second-order valence-corrected chi connectivity index (χ2v) is 5.05. The lowest BCUT2D eigenvalue weighted by Gasteiger charge is -2.44. The Bertz CT molecular complexity index is 573. The maximum atomic E-state index is 5.66. The number of ether oxygens (including phenoxy) is 2. The Morgan fingerprint density at radius 3 is 2.95 bits per heavy atom. The minimum Gasteiger partial charge on any atom is -0.378 e. The first kappa shape index (κ1) is 14.0. The quantitative estimate of drug-likeness (QED) is 0.879. The summed E-state index contributed by atoms with van der Waals surface area (Å²) >= 11 is 0. The van der Waals surface area contributed by atoms with Gasteiger partial charge in [-0.25, -0.2) is 4.68 Å². The van der Waals surface area contributed by atoms with Gasteiger partial charge in [0.05, 0.1) is 35.9 Å². The molecule has 6 nitrogen and oxygen atoms in total. The zero-order chi connectivity index (χ0) is 14.7. The van der Waals surface area contributed by atoms with Crippen molar-refractivity contribution in [3.8, 4) is 5.69 Å². The number of rotatable bonds is 6. The fourth-order valence-electron chi connectivity index (χ4n) is 2.75. The Kier molecular flexibility index (Phi) is 4.17. The predicted octanol–water partition coefficient (Wildman–Crippen LogP) is 1.87. The predicted molar refractivity (Wildman–Crippen MR) is 79.6 cm³/mol. The van der Waals surface area contributed by atoms with Crippen molar-refractivity contribution in [3.63, 3.8) is 0 Å². The highest BCUT2D eigenvalue weighted by Crippen LogP contribution is 2.31. The topological polar surface area (TPSA) is 61.2 Å². The number of hydrogen-bond donors (Lipinski definition) is 1. The molecule has 112 valence electrons. The summed E-state index contributed by atoms with van der Waals surface area (Å²) in [5, 5.41) is 11.4. The Balaban J connectivity index is 1.74. The first-order chi connectivity index (χ1) is 10.3. The molecule has 1 heterocycles. The van der Waals surface area contributed by atoms with Crippen LogP contribution in [0.1, 0.15) is 13.3 Å². The second-order valence-electron chi connectivity index (χ2n) is 5.05. The Labute approximate surface area is 124 Å². The van der Waals surface area contributed by atoms with Gasteiger partial charge in [0.2, 0.25) is 0 Å². The molecular formula is C15H20N4O2. The molecule has 3 atom stereocenters. The highest BCUT2D eigenvalue weighted by atomic mass is 16.5. The molecule has 0 aliphatic heterocycles. The van der Waals surface area contributed by atoms with Gasteiger partial charge in [-0.15, -0.1) is 5.10 Å². The van der Waals surface area contributed by atoms with E-state index in [-0.39, 0.29) is 18.2 Å². The summed E-state index contributed by atoms with van der Waals surface area (Å²) in [5.74, 6) is 0. The highest BCUT2D eigenvalue weighted by Gasteiger charge is 2.42. The fourth-order valence-corrected chi connectivity index (χ4v) is 2.75. The van der Waals surface area contributed by atoms with Gasteiger partial charge in [0.15, 0.2) is 0 Å². The third-order valence-electron chi connectivity index (χ3n) is 3.82. The molecule has 6 heteroatoms. The number of para-hydroxylation sites is 2. The van der Waals surface area contributed by atoms with Gasteiger partial charge in [0, 0.05) is 13.7 Å². The number of benzene rings is 1. The number of nitrogens with zero attached hydrogens (tertiary/aromatic N) is 3. The second kappa shape index (κ2) is 6.24. The lowest BCUT2D eigenvalue weighted by atomic mass is 9.85. The van der Waals surface area contributed by atoms with Crippen molar-refractivity contribution < 1.29 is 9.47 Å². The van der Waals surface area contributed by atoms with Crippen LogP contribution in [0.4, 0.5) is 5.69 Å². The van der Waals surface area contributed by atoms with Crippen LogP contribution in [0.15, 0.2) is 36.7 Å². The Morgan fingerprint density at radius 1 is 1.38 bits per heavy atom. The molecule has 0 radical (unpaired) electrons. The van der Waals surface area contributed by atoms with Crippen LogP contribution >= 0.6 is 0 Å². The minimum absolute atomic E-state index is 0.0775. The van der Waals surface area contributed by atoms with E-state index in [2.05, 4.69) is 15.6 Å². The molecule has 1 aromatic carbocycles. The van der Waals surface area contributed by atoms with Crippen LogP contribution in [0.5, 0.6) is 0 Å². The smallest absolute Gasteiger partial charge is 0.103 e. The molecule has 0 saturated heterocycles. The lowest BCUT2D eigenvalue weighted by Crippen LogP contribution is -2.56. The normalized spacial score (nSPS) is 24.6. The maximum absolute atomic E-state index is 5.66. The van der Waals surface area contributed by atoms with Crippen LogP contribution in [0.3, 0.4) is 0 Å². The monoisotopic (exact) mass is 288 g/mol. The van der Waals surface area contributed by atoms with Gasteiger partial charge in [-0.05, 0) is 25.5 Å². The molecule has 2 aromatic rings. The van der Waals surface area contributed by atoms with E-state index in [0.29, 0.717) is 6.61 Å². The summed E-state index contributed by atoms with van der Waals surface area (Å²) in [6.07, 6.45) is 4.70. The molecule has 0 bridgehead atoms. The van der Waals surface area contributed by atoms with Crippen LogP contribution in [0.25, 0.3) is 5.69 Å². The van der Waals surface area contributed by atoms with E-state index in [1.165, 1.54) is 0 Å². The number of aromatic nitrogens is 3. The number of anilines is 1. The summed E-state index contributed by atoms with van der Waals surface area (Å²) in [5.41, 5.74) is 2.00. The Hall–Kier alpha value is -1.92. The summed E-state index contributed by atoms with van der Waals surface area (Å²) in [6, 6.07) is 8.29. The molecule has 1 aliphatic carbocycles. The molecule has 1 saturated carbocycles. The van der Waals surface area contributed by atoms with E-state index in [4.69, 9.17) is 9.47 Å². The standard InChI is InChI=1S/C15H20N4O2/c1-3-21-14-10-12(15(14)20-2)17-11-6-4-5-7-13(11)19-9-8-16-18-19/h4-9,12,14-15,17H,3,10H2,1-2H3. The van der Waals surface area contributed by atoms with Gasteiger partial charge in [-0.3, -0.25) is 0 Å². The van der Waals surface area contributed by atoms with Crippen molar-refractivity contribution in [2.75, 3.05) is 19.0 Å². The van der Waals surface area contributed by atoms with Crippen LogP contribution in [0.2, 0.25) is 0 Å². The van der Waals surface area contributed by atoms with Crippen molar-refractivity contribution in [1.29, 1.82) is 0 Å². The molecule has 0 spiro atoms. The maximum Gasteiger partial charge on any atom is 0.103 e. The molecule has 21 heavy (non-hydrogen) atoms. The van der Waals surface area contributed by atoms with E-state index in [1.54, 1.807) is 18.0 Å². The highest BCUT2D eigenvalue weighted by molar-refractivity contribution is 5.61. The number of hydrogen-bond acceptors (Lipinski definition) is 5. The zero-order valence-corrected chi connectivity index (χ0v) is 12.3. The van der Waals surface area contributed by atoms with Crippen LogP contribution < -0.4 is 5.32 Å². The molecule has 1 aliphatic rings. The van der Waals surface area contributed by atoms with Crippen molar-refractivity contribution in [3.05, 3.63) is 36.7 Å². The van der Waals surface area contributed by atoms with E-state index < -0.39 is 0 Å². The van der Waals surface area contributed by atoms with Crippen molar-refractivity contribution in [1.82, 2.24) is 15.0 Å². The summed E-state index contributed by atoms with van der Waals surface area (Å²) < 4.78 is 13.0. The summed E-state index contributed by atoms with van der Waals surface area (Å²) in [4.78, 5) is 0. The van der Waals surface area contributed by atoms with Gasteiger partial charge >= 0.3 is 0 Å². The minimum atomic E-state index is 0.0775. The summed E-state index contributed by atoms with van der Waals surface area (Å²) in [6.45, 7) is 2.72. The third kappa shape index (κ3) is 2.77. The molecule has 3 rings (SSSR count). The third-order valence-corrected chi connectivity index (χ3v) is 3.82. The first-order valence-electron chi connectivity index (χ1n) is 7.20. The van der Waals surface area contributed by atoms with Gasteiger partial charge in [0.25, 0.3) is 0 Å². The van der Waals surface area contributed by atoms with Crippen LogP contribution in [-0.2, 0) is 9.47 Å². The van der Waals surface area contributed by atoms with Crippen molar-refractivity contribution >= 4 is 5.69 Å². The van der Waals surface area contributed by atoms with Gasteiger partial charge in [0.1, 0.15) is 6.10 Å². The van der Waals surface area contributed by atoms with Crippen LogP contribution in [0, 0.1) is 0 Å². The molecule has 1 fully saturated rings. The zero-order valence-electron chi connectivity index (χ0n) is 12.3. The number of methoxy groups -OCH3 is 1. The summed E-state index contributed by atoms with van der Waals surface area (Å²) in [7, 11) is 1.73. The lowest BCUT2D eigenvalue weighted by molar-refractivity contribution is -0.118. The van der Waals surface area contributed by atoms with Crippen LogP contribution in [-0.4, -0.2) is 47.0 Å². The molecule has 0 amide bonds. The van der Waals surface area contributed by atoms with Gasteiger partial charge in [-0.2, -0.15) is 0 Å². The largest absolute Gasteiger partial charge is 0.378 e.